The van der Waals surface area contributed by atoms with Crippen LogP contribution in [-0.2, 0) is 16.0 Å². The van der Waals surface area contributed by atoms with Crippen LogP contribution in [-0.4, -0.2) is 19.1 Å². The Kier molecular flexibility index (Phi) is 3.34. The number of benzene rings is 1. The molecule has 0 unspecified atom stereocenters. The van der Waals surface area contributed by atoms with E-state index < -0.39 is 0 Å². The molecule has 1 aromatic rings. The number of rotatable bonds is 2. The highest BCUT2D eigenvalue weighted by Gasteiger charge is 2.25. The number of fused-ring (bicyclic) bond motifs is 1. The first kappa shape index (κ1) is 11.3. The summed E-state index contributed by atoms with van der Waals surface area (Å²) in [6, 6.07) is 5.69. The van der Waals surface area contributed by atoms with E-state index in [1.165, 1.54) is 0 Å². The number of carbonyl (C=O) groups is 1. The fraction of sp³-hybridized carbons (Fsp3) is 0.417. The summed E-state index contributed by atoms with van der Waals surface area (Å²) >= 11 is 5.92. The molecule has 4 heteroatoms. The summed E-state index contributed by atoms with van der Waals surface area (Å²) in [5.74, 6) is -0.244. The van der Waals surface area contributed by atoms with Gasteiger partial charge in [-0.2, -0.15) is 0 Å². The van der Waals surface area contributed by atoms with E-state index in [1.807, 2.05) is 25.1 Å². The molecule has 0 saturated carbocycles. The Morgan fingerprint density at radius 3 is 3.19 bits per heavy atom. The second-order valence-electron chi connectivity index (χ2n) is 3.84. The summed E-state index contributed by atoms with van der Waals surface area (Å²) in [7, 11) is 0. The lowest BCUT2D eigenvalue weighted by molar-refractivity contribution is -0.147. The van der Waals surface area contributed by atoms with Gasteiger partial charge in [0, 0.05) is 17.3 Å². The number of ether oxygens (including phenoxy) is 1. The molecule has 2 rings (SSSR count). The predicted molar refractivity (Wildman–Crippen MR) is 63.8 cm³/mol. The van der Waals surface area contributed by atoms with Crippen LogP contribution in [0.25, 0.3) is 0 Å². The SMILES string of the molecule is CCOC(=O)[C@H]1CNc2ccc(Cl)cc2C1. The number of anilines is 1. The standard InChI is InChI=1S/C12H14ClNO2/c1-2-16-12(15)9-5-8-6-10(13)3-4-11(8)14-7-9/h3-4,6,9,14H,2,5,7H2,1H3/t9-/m1/s1. The number of esters is 1. The zero-order valence-corrected chi connectivity index (χ0v) is 9.88. The minimum Gasteiger partial charge on any atom is -0.466 e. The van der Waals surface area contributed by atoms with Crippen molar-refractivity contribution in [3.8, 4) is 0 Å². The number of hydrogen-bond donors (Lipinski definition) is 1. The Morgan fingerprint density at radius 1 is 1.62 bits per heavy atom. The summed E-state index contributed by atoms with van der Waals surface area (Å²) in [6.45, 7) is 2.88. The maximum atomic E-state index is 11.6. The first-order chi connectivity index (χ1) is 7.70. The average molecular weight is 240 g/mol. The lowest BCUT2D eigenvalue weighted by Gasteiger charge is -2.24. The third kappa shape index (κ3) is 2.30. The van der Waals surface area contributed by atoms with Crippen LogP contribution in [0.15, 0.2) is 18.2 Å². The van der Waals surface area contributed by atoms with E-state index in [1.54, 1.807) is 0 Å². The average Bonchev–Trinajstić information content (AvgIpc) is 2.28. The van der Waals surface area contributed by atoms with Crippen LogP contribution >= 0.6 is 11.6 Å². The Labute approximate surface area is 99.7 Å². The van der Waals surface area contributed by atoms with Crippen molar-refractivity contribution in [1.29, 1.82) is 0 Å². The van der Waals surface area contributed by atoms with Crippen LogP contribution in [0, 0.1) is 5.92 Å². The minimum atomic E-state index is -0.138. The van der Waals surface area contributed by atoms with Crippen molar-refractivity contribution in [2.45, 2.75) is 13.3 Å². The van der Waals surface area contributed by atoms with Gasteiger partial charge in [0.05, 0.1) is 12.5 Å². The summed E-state index contributed by atoms with van der Waals surface area (Å²) in [4.78, 5) is 11.6. The highest BCUT2D eigenvalue weighted by molar-refractivity contribution is 6.30. The molecule has 0 fully saturated rings. The van der Waals surface area contributed by atoms with E-state index in [-0.39, 0.29) is 11.9 Å². The number of carbonyl (C=O) groups excluding carboxylic acids is 1. The van der Waals surface area contributed by atoms with Crippen molar-refractivity contribution in [3.05, 3.63) is 28.8 Å². The molecule has 0 amide bonds. The summed E-state index contributed by atoms with van der Waals surface area (Å²) < 4.78 is 5.01. The van der Waals surface area contributed by atoms with Gasteiger partial charge in [-0.05, 0) is 37.1 Å². The molecule has 16 heavy (non-hydrogen) atoms. The van der Waals surface area contributed by atoms with Gasteiger partial charge in [-0.15, -0.1) is 0 Å². The van der Waals surface area contributed by atoms with Crippen molar-refractivity contribution < 1.29 is 9.53 Å². The summed E-state index contributed by atoms with van der Waals surface area (Å²) in [6.07, 6.45) is 0.696. The molecule has 1 heterocycles. The Hall–Kier alpha value is -1.22. The van der Waals surface area contributed by atoms with Crippen molar-refractivity contribution >= 4 is 23.3 Å². The normalized spacial score (nSPS) is 18.5. The predicted octanol–water partition coefficient (Wildman–Crippen LogP) is 2.49. The van der Waals surface area contributed by atoms with Crippen LogP contribution in [0.3, 0.4) is 0 Å². The first-order valence-corrected chi connectivity index (χ1v) is 5.77. The second kappa shape index (κ2) is 4.74. The Bertz CT molecular complexity index is 406. The molecule has 0 saturated heterocycles. The van der Waals surface area contributed by atoms with Gasteiger partial charge in [0.25, 0.3) is 0 Å². The van der Waals surface area contributed by atoms with E-state index in [4.69, 9.17) is 16.3 Å². The van der Waals surface area contributed by atoms with E-state index in [0.717, 1.165) is 11.3 Å². The molecule has 0 spiro atoms. The maximum Gasteiger partial charge on any atom is 0.311 e. The highest BCUT2D eigenvalue weighted by Crippen LogP contribution is 2.27. The van der Waals surface area contributed by atoms with Gasteiger partial charge in [-0.1, -0.05) is 11.6 Å². The molecule has 1 aliphatic rings. The molecule has 1 aromatic carbocycles. The molecular formula is C12H14ClNO2. The number of halogens is 1. The van der Waals surface area contributed by atoms with Crippen LogP contribution in [0.2, 0.25) is 5.02 Å². The highest BCUT2D eigenvalue weighted by atomic mass is 35.5. The Morgan fingerprint density at radius 2 is 2.44 bits per heavy atom. The van der Waals surface area contributed by atoms with E-state index in [9.17, 15) is 4.79 Å². The van der Waals surface area contributed by atoms with Gasteiger partial charge in [-0.3, -0.25) is 4.79 Å². The quantitative estimate of drug-likeness (QED) is 0.806. The third-order valence-corrected chi connectivity index (χ3v) is 2.93. The fourth-order valence-electron chi connectivity index (χ4n) is 1.90. The van der Waals surface area contributed by atoms with E-state index in [0.29, 0.717) is 24.6 Å². The monoisotopic (exact) mass is 239 g/mol. The molecular weight excluding hydrogens is 226 g/mol. The second-order valence-corrected chi connectivity index (χ2v) is 4.27. The van der Waals surface area contributed by atoms with Gasteiger partial charge in [0.15, 0.2) is 0 Å². The molecule has 86 valence electrons. The molecule has 0 bridgehead atoms. The molecule has 0 aromatic heterocycles. The van der Waals surface area contributed by atoms with E-state index in [2.05, 4.69) is 5.32 Å². The molecule has 0 aliphatic carbocycles. The van der Waals surface area contributed by atoms with E-state index >= 15 is 0 Å². The topological polar surface area (TPSA) is 38.3 Å². The third-order valence-electron chi connectivity index (χ3n) is 2.69. The number of nitrogens with one attached hydrogen (secondary N) is 1. The molecule has 1 N–H and O–H groups in total. The van der Waals surface area contributed by atoms with Crippen LogP contribution in [0.5, 0.6) is 0 Å². The summed E-state index contributed by atoms with van der Waals surface area (Å²) in [5, 5.41) is 3.92. The van der Waals surface area contributed by atoms with Gasteiger partial charge in [-0.25, -0.2) is 0 Å². The van der Waals surface area contributed by atoms with Gasteiger partial charge in [0.2, 0.25) is 0 Å². The van der Waals surface area contributed by atoms with Crippen molar-refractivity contribution in [2.75, 3.05) is 18.5 Å². The Balaban J connectivity index is 2.13. The number of hydrogen-bond acceptors (Lipinski definition) is 3. The molecule has 1 aliphatic heterocycles. The van der Waals surface area contributed by atoms with Gasteiger partial charge < -0.3 is 10.1 Å². The summed E-state index contributed by atoms with van der Waals surface area (Å²) in [5.41, 5.74) is 2.14. The largest absolute Gasteiger partial charge is 0.466 e. The zero-order valence-electron chi connectivity index (χ0n) is 9.13. The van der Waals surface area contributed by atoms with Crippen molar-refractivity contribution in [1.82, 2.24) is 0 Å². The van der Waals surface area contributed by atoms with Gasteiger partial charge in [0.1, 0.15) is 0 Å². The van der Waals surface area contributed by atoms with Crippen LogP contribution < -0.4 is 5.32 Å². The van der Waals surface area contributed by atoms with Gasteiger partial charge >= 0.3 is 5.97 Å². The molecule has 3 nitrogen and oxygen atoms in total. The zero-order chi connectivity index (χ0) is 11.5. The van der Waals surface area contributed by atoms with Crippen LogP contribution in [0.4, 0.5) is 5.69 Å². The lowest BCUT2D eigenvalue weighted by atomic mass is 9.94. The lowest BCUT2D eigenvalue weighted by Crippen LogP contribution is -2.31. The van der Waals surface area contributed by atoms with Crippen molar-refractivity contribution in [3.63, 3.8) is 0 Å². The minimum absolute atomic E-state index is 0.106. The smallest absolute Gasteiger partial charge is 0.311 e. The van der Waals surface area contributed by atoms with Crippen LogP contribution in [0.1, 0.15) is 12.5 Å². The maximum absolute atomic E-state index is 11.6. The fourth-order valence-corrected chi connectivity index (χ4v) is 2.10. The molecule has 0 radical (unpaired) electrons. The first-order valence-electron chi connectivity index (χ1n) is 5.39. The van der Waals surface area contributed by atoms with Crippen molar-refractivity contribution in [2.24, 2.45) is 5.92 Å². The molecule has 1 atom stereocenters.